The molecule has 6 heteroatoms. The van der Waals surface area contributed by atoms with E-state index in [1.165, 1.54) is 0 Å². The summed E-state index contributed by atoms with van der Waals surface area (Å²) in [5.41, 5.74) is 3.13. The first-order valence-corrected chi connectivity index (χ1v) is 10.6. The van der Waals surface area contributed by atoms with Crippen LogP contribution in [0.1, 0.15) is 25.0 Å². The maximum atomic E-state index is 13.1. The molecule has 4 nitrogen and oxygen atoms in total. The first-order chi connectivity index (χ1) is 13.6. The Labute approximate surface area is 183 Å². The van der Waals surface area contributed by atoms with E-state index in [4.69, 9.17) is 4.98 Å². The molecular weight excluding hydrogens is 402 g/mol. The van der Waals surface area contributed by atoms with E-state index in [0.717, 1.165) is 46.1 Å². The van der Waals surface area contributed by atoms with Crippen molar-refractivity contribution < 1.29 is 4.79 Å². The lowest BCUT2D eigenvalue weighted by Crippen LogP contribution is -2.38. The molecule has 3 aromatic rings. The van der Waals surface area contributed by atoms with E-state index in [-0.39, 0.29) is 18.3 Å². The fraction of sp³-hybridized carbons (Fsp3) is 0.304. The molecular formula is C23H28ClN3OS. The Balaban J connectivity index is 0.00000300. The van der Waals surface area contributed by atoms with Crippen LogP contribution in [0.25, 0.3) is 16.3 Å². The second-order valence-corrected chi connectivity index (χ2v) is 7.69. The third-order valence-corrected chi connectivity index (χ3v) is 5.90. The van der Waals surface area contributed by atoms with Crippen molar-refractivity contribution in [2.45, 2.75) is 20.8 Å². The Bertz CT molecular complexity index is 951. The van der Waals surface area contributed by atoms with Gasteiger partial charge >= 0.3 is 0 Å². The van der Waals surface area contributed by atoms with Crippen LogP contribution >= 0.6 is 23.7 Å². The molecule has 1 heterocycles. The van der Waals surface area contributed by atoms with Gasteiger partial charge in [0.15, 0.2) is 5.13 Å². The zero-order chi connectivity index (χ0) is 19.9. The molecule has 154 valence electrons. The number of likely N-dealkylation sites (N-methyl/N-ethyl adjacent to an activating group) is 1. The van der Waals surface area contributed by atoms with Crippen LogP contribution < -0.4 is 4.90 Å². The van der Waals surface area contributed by atoms with Crippen LogP contribution in [0.2, 0.25) is 0 Å². The summed E-state index contributed by atoms with van der Waals surface area (Å²) < 4.78 is 1.11. The van der Waals surface area contributed by atoms with Crippen LogP contribution in [0.3, 0.4) is 0 Å². The van der Waals surface area contributed by atoms with Crippen molar-refractivity contribution >= 4 is 51.1 Å². The van der Waals surface area contributed by atoms with Gasteiger partial charge in [0.2, 0.25) is 0 Å². The Morgan fingerprint density at radius 3 is 2.41 bits per heavy atom. The molecule has 0 radical (unpaired) electrons. The number of benzene rings is 2. The lowest BCUT2D eigenvalue weighted by atomic mass is 10.2. The van der Waals surface area contributed by atoms with Crippen molar-refractivity contribution in [3.8, 4) is 0 Å². The minimum atomic E-state index is -0.0345. The SMILES string of the molecule is CCN(CC)CCN(C(=O)C=Cc1ccccc1)c1nc2c(C)cccc2s1.Cl. The molecule has 2 aromatic carbocycles. The van der Waals surface area contributed by atoms with Gasteiger partial charge < -0.3 is 4.90 Å². The van der Waals surface area contributed by atoms with Crippen molar-refractivity contribution in [3.63, 3.8) is 0 Å². The highest BCUT2D eigenvalue weighted by molar-refractivity contribution is 7.22. The number of rotatable bonds is 8. The largest absolute Gasteiger partial charge is 0.302 e. The molecule has 0 atom stereocenters. The number of carbonyl (C=O) groups excluding carboxylic acids is 1. The van der Waals surface area contributed by atoms with E-state index in [1.807, 2.05) is 47.4 Å². The number of hydrogen-bond acceptors (Lipinski definition) is 4. The predicted octanol–water partition coefficient (Wildman–Crippen LogP) is 5.41. The fourth-order valence-corrected chi connectivity index (χ4v) is 4.17. The summed E-state index contributed by atoms with van der Waals surface area (Å²) in [5.74, 6) is -0.0345. The quantitative estimate of drug-likeness (QED) is 0.449. The molecule has 0 fully saturated rings. The van der Waals surface area contributed by atoms with E-state index in [1.54, 1.807) is 17.4 Å². The highest BCUT2D eigenvalue weighted by Gasteiger charge is 2.19. The van der Waals surface area contributed by atoms with Gasteiger partial charge in [0.1, 0.15) is 0 Å². The van der Waals surface area contributed by atoms with Gasteiger partial charge in [0.05, 0.1) is 10.2 Å². The smallest absolute Gasteiger partial charge is 0.252 e. The lowest BCUT2D eigenvalue weighted by molar-refractivity contribution is -0.114. The maximum Gasteiger partial charge on any atom is 0.252 e. The number of carbonyl (C=O) groups is 1. The average molecular weight is 430 g/mol. The van der Waals surface area contributed by atoms with Gasteiger partial charge in [-0.3, -0.25) is 9.69 Å². The van der Waals surface area contributed by atoms with Gasteiger partial charge in [-0.1, -0.05) is 67.6 Å². The van der Waals surface area contributed by atoms with Crippen LogP contribution in [-0.4, -0.2) is 42.0 Å². The molecule has 0 aliphatic carbocycles. The maximum absolute atomic E-state index is 13.1. The van der Waals surface area contributed by atoms with Crippen molar-refractivity contribution in [3.05, 3.63) is 65.7 Å². The van der Waals surface area contributed by atoms with Crippen molar-refractivity contribution in [1.29, 1.82) is 0 Å². The summed E-state index contributed by atoms with van der Waals surface area (Å²) in [5, 5.41) is 0.763. The standard InChI is InChI=1S/C23H27N3OS.ClH/c1-4-25(5-2)16-17-26(21(27)15-14-19-11-7-6-8-12-19)23-24-22-18(3)10-9-13-20(22)28-23;/h6-15H,4-5,16-17H2,1-3H3;1H. The van der Waals surface area contributed by atoms with E-state index < -0.39 is 0 Å². The van der Waals surface area contributed by atoms with Crippen LogP contribution in [0.4, 0.5) is 5.13 Å². The number of nitrogens with zero attached hydrogens (tertiary/aromatic N) is 3. The number of anilines is 1. The molecule has 3 rings (SSSR count). The zero-order valence-corrected chi connectivity index (χ0v) is 18.8. The Morgan fingerprint density at radius 1 is 1.03 bits per heavy atom. The van der Waals surface area contributed by atoms with Crippen LogP contribution in [0, 0.1) is 6.92 Å². The molecule has 0 spiro atoms. The van der Waals surface area contributed by atoms with Gasteiger partial charge in [-0.05, 0) is 43.3 Å². The molecule has 29 heavy (non-hydrogen) atoms. The zero-order valence-electron chi connectivity index (χ0n) is 17.2. The van der Waals surface area contributed by atoms with E-state index >= 15 is 0 Å². The number of amides is 1. The summed E-state index contributed by atoms with van der Waals surface area (Å²) >= 11 is 1.58. The number of hydrogen-bond donors (Lipinski definition) is 0. The minimum absolute atomic E-state index is 0. The van der Waals surface area contributed by atoms with Gasteiger partial charge in [0, 0.05) is 19.2 Å². The highest BCUT2D eigenvalue weighted by Crippen LogP contribution is 2.30. The molecule has 0 N–H and O–H groups in total. The lowest BCUT2D eigenvalue weighted by Gasteiger charge is -2.23. The average Bonchev–Trinajstić information content (AvgIpc) is 3.15. The summed E-state index contributed by atoms with van der Waals surface area (Å²) in [7, 11) is 0. The van der Waals surface area contributed by atoms with E-state index in [2.05, 4.69) is 37.8 Å². The van der Waals surface area contributed by atoms with E-state index in [9.17, 15) is 4.79 Å². The van der Waals surface area contributed by atoms with Crippen molar-refractivity contribution in [2.24, 2.45) is 0 Å². The monoisotopic (exact) mass is 429 g/mol. The number of fused-ring (bicyclic) bond motifs is 1. The summed E-state index contributed by atoms with van der Waals surface area (Å²) in [6.07, 6.45) is 3.52. The first-order valence-electron chi connectivity index (χ1n) is 9.75. The second kappa shape index (κ2) is 11.1. The van der Waals surface area contributed by atoms with Gasteiger partial charge in [-0.2, -0.15) is 0 Å². The molecule has 0 saturated carbocycles. The topological polar surface area (TPSA) is 36.4 Å². The normalized spacial score (nSPS) is 11.2. The van der Waals surface area contributed by atoms with E-state index in [0.29, 0.717) is 6.54 Å². The molecule has 1 aromatic heterocycles. The van der Waals surface area contributed by atoms with Crippen molar-refractivity contribution in [2.75, 3.05) is 31.1 Å². The first kappa shape index (κ1) is 23.1. The van der Waals surface area contributed by atoms with Crippen LogP contribution in [0.5, 0.6) is 0 Å². The number of aryl methyl sites for hydroxylation is 1. The van der Waals surface area contributed by atoms with Crippen LogP contribution in [-0.2, 0) is 4.79 Å². The van der Waals surface area contributed by atoms with Gasteiger partial charge in [-0.25, -0.2) is 4.98 Å². The summed E-state index contributed by atoms with van der Waals surface area (Å²) in [4.78, 5) is 22.0. The molecule has 0 bridgehead atoms. The Kier molecular flexibility index (Phi) is 8.83. The summed E-state index contributed by atoms with van der Waals surface area (Å²) in [6.45, 7) is 9.74. The predicted molar refractivity (Wildman–Crippen MR) is 127 cm³/mol. The number of thiazole rings is 1. The Morgan fingerprint density at radius 2 is 1.76 bits per heavy atom. The Hall–Kier alpha value is -2.21. The highest BCUT2D eigenvalue weighted by atomic mass is 35.5. The fourth-order valence-electron chi connectivity index (χ4n) is 3.09. The molecule has 0 saturated heterocycles. The second-order valence-electron chi connectivity index (χ2n) is 6.68. The van der Waals surface area contributed by atoms with Crippen LogP contribution in [0.15, 0.2) is 54.6 Å². The number of para-hydroxylation sites is 1. The van der Waals surface area contributed by atoms with Gasteiger partial charge in [-0.15, -0.1) is 12.4 Å². The molecule has 1 amide bonds. The number of halogens is 1. The van der Waals surface area contributed by atoms with Gasteiger partial charge in [0.25, 0.3) is 5.91 Å². The molecule has 0 aliphatic heterocycles. The molecule has 0 aliphatic rings. The third kappa shape index (κ3) is 5.89. The third-order valence-electron chi connectivity index (χ3n) is 4.86. The summed E-state index contributed by atoms with van der Waals surface area (Å²) in [6, 6.07) is 16.1. The van der Waals surface area contributed by atoms with Crippen molar-refractivity contribution in [1.82, 2.24) is 9.88 Å². The minimum Gasteiger partial charge on any atom is -0.302 e. The molecule has 0 unspecified atom stereocenters. The number of aromatic nitrogens is 1.